The number of nitrogens with one attached hydrogen (secondary N) is 2. The van der Waals surface area contributed by atoms with Crippen molar-refractivity contribution in [2.24, 2.45) is 4.99 Å². The van der Waals surface area contributed by atoms with Crippen LogP contribution in [0.25, 0.3) is 0 Å². The van der Waals surface area contributed by atoms with E-state index in [0.29, 0.717) is 25.2 Å². The van der Waals surface area contributed by atoms with Crippen molar-refractivity contribution in [2.45, 2.75) is 46.3 Å². The van der Waals surface area contributed by atoms with Crippen LogP contribution in [0, 0.1) is 0 Å². The van der Waals surface area contributed by atoms with Gasteiger partial charge in [0.1, 0.15) is 12.4 Å². The molecule has 1 aromatic carbocycles. The topological polar surface area (TPSA) is 61.4 Å². The monoisotopic (exact) mass is 419 g/mol. The van der Waals surface area contributed by atoms with Gasteiger partial charge in [-0.25, -0.2) is 0 Å². The zero-order valence-corrected chi connectivity index (χ0v) is 19.5. The summed E-state index contributed by atoms with van der Waals surface area (Å²) in [6, 6.07) is 9.27. The van der Waals surface area contributed by atoms with Gasteiger partial charge in [-0.05, 0) is 33.8 Å². The molecule has 1 aliphatic heterocycles. The van der Waals surface area contributed by atoms with Crippen molar-refractivity contribution in [1.82, 2.24) is 20.4 Å². The molecule has 0 bridgehead atoms. The lowest BCUT2D eigenvalue weighted by molar-refractivity contribution is 0.0322. The number of hydrogen-bond acceptors (Lipinski definition) is 5. The molecule has 1 aliphatic rings. The zero-order chi connectivity index (χ0) is 21.8. The average molecular weight is 420 g/mol. The molecule has 1 aromatic rings. The fourth-order valence-electron chi connectivity index (χ4n) is 3.72. The van der Waals surface area contributed by atoms with Crippen molar-refractivity contribution in [3.05, 3.63) is 29.8 Å². The summed E-state index contributed by atoms with van der Waals surface area (Å²) in [4.78, 5) is 9.21. The molecule has 1 fully saturated rings. The molecule has 0 aliphatic carbocycles. The summed E-state index contributed by atoms with van der Waals surface area (Å²) in [5.74, 6) is 1.74. The van der Waals surface area contributed by atoms with Crippen molar-refractivity contribution in [3.8, 4) is 5.75 Å². The molecule has 0 unspecified atom stereocenters. The minimum absolute atomic E-state index is 0.531. The Morgan fingerprint density at radius 3 is 2.50 bits per heavy atom. The second kappa shape index (κ2) is 13.5. The minimum Gasteiger partial charge on any atom is -0.492 e. The molecule has 0 spiro atoms. The summed E-state index contributed by atoms with van der Waals surface area (Å²) in [7, 11) is 1.81. The standard InChI is InChI=1S/C23H41N5O2/c1-19(2)28(20(3)4)11-10-25-23(24-5)26-18-21-8-6-7-9-22(21)30-17-14-27-12-15-29-16-13-27/h6-9,19-20H,10-18H2,1-5H3,(H2,24,25,26). The van der Waals surface area contributed by atoms with Crippen molar-refractivity contribution in [1.29, 1.82) is 0 Å². The highest BCUT2D eigenvalue weighted by Gasteiger charge is 2.13. The van der Waals surface area contributed by atoms with Crippen LogP contribution in [0.4, 0.5) is 0 Å². The Morgan fingerprint density at radius 2 is 1.83 bits per heavy atom. The Bertz CT molecular complexity index is 622. The first kappa shape index (κ1) is 24.4. The number of aliphatic imine (C=N–C) groups is 1. The van der Waals surface area contributed by atoms with E-state index in [1.54, 1.807) is 0 Å². The molecule has 0 amide bonds. The molecule has 0 atom stereocenters. The van der Waals surface area contributed by atoms with Crippen LogP contribution in [0.3, 0.4) is 0 Å². The van der Waals surface area contributed by atoms with Gasteiger partial charge >= 0.3 is 0 Å². The van der Waals surface area contributed by atoms with Crippen LogP contribution in [0.15, 0.2) is 29.3 Å². The van der Waals surface area contributed by atoms with E-state index < -0.39 is 0 Å². The fourth-order valence-corrected chi connectivity index (χ4v) is 3.72. The SMILES string of the molecule is CN=C(NCCN(C(C)C)C(C)C)NCc1ccccc1OCCN1CCOCC1. The van der Waals surface area contributed by atoms with Crippen LogP contribution in [0.1, 0.15) is 33.3 Å². The number of rotatable bonds is 11. The summed E-state index contributed by atoms with van der Waals surface area (Å²) >= 11 is 0. The van der Waals surface area contributed by atoms with E-state index in [1.165, 1.54) is 0 Å². The van der Waals surface area contributed by atoms with Gasteiger partial charge in [-0.15, -0.1) is 0 Å². The summed E-state index contributed by atoms with van der Waals surface area (Å²) in [6.45, 7) is 16.7. The summed E-state index contributed by atoms with van der Waals surface area (Å²) < 4.78 is 11.5. The quantitative estimate of drug-likeness (QED) is 0.424. The van der Waals surface area contributed by atoms with Crippen LogP contribution in [0.2, 0.25) is 0 Å². The Hall–Kier alpha value is -1.83. The number of guanidine groups is 1. The lowest BCUT2D eigenvalue weighted by atomic mass is 10.2. The van der Waals surface area contributed by atoms with Gasteiger partial charge in [-0.2, -0.15) is 0 Å². The lowest BCUT2D eigenvalue weighted by Crippen LogP contribution is -2.45. The Morgan fingerprint density at radius 1 is 1.13 bits per heavy atom. The van der Waals surface area contributed by atoms with E-state index in [2.05, 4.69) is 59.2 Å². The zero-order valence-electron chi connectivity index (χ0n) is 19.5. The third-order valence-corrected chi connectivity index (χ3v) is 5.40. The molecule has 7 heteroatoms. The molecule has 0 radical (unpaired) electrons. The van der Waals surface area contributed by atoms with Gasteiger partial charge in [0.05, 0.1) is 13.2 Å². The van der Waals surface area contributed by atoms with Crippen LogP contribution >= 0.6 is 0 Å². The maximum absolute atomic E-state index is 6.08. The van der Waals surface area contributed by atoms with Crippen molar-refractivity contribution >= 4 is 5.96 Å². The second-order valence-electron chi connectivity index (χ2n) is 8.19. The first-order valence-electron chi connectivity index (χ1n) is 11.2. The third-order valence-electron chi connectivity index (χ3n) is 5.40. The highest BCUT2D eigenvalue weighted by molar-refractivity contribution is 5.79. The fraction of sp³-hybridized carbons (Fsp3) is 0.696. The van der Waals surface area contributed by atoms with E-state index >= 15 is 0 Å². The number of para-hydroxylation sites is 1. The second-order valence-corrected chi connectivity index (χ2v) is 8.19. The molecular weight excluding hydrogens is 378 g/mol. The molecule has 170 valence electrons. The molecular formula is C23H41N5O2. The molecule has 30 heavy (non-hydrogen) atoms. The van der Waals surface area contributed by atoms with Crippen LogP contribution < -0.4 is 15.4 Å². The number of hydrogen-bond donors (Lipinski definition) is 2. The maximum atomic E-state index is 6.08. The van der Waals surface area contributed by atoms with Crippen LogP contribution in [-0.4, -0.2) is 87.4 Å². The highest BCUT2D eigenvalue weighted by atomic mass is 16.5. The minimum atomic E-state index is 0.531. The largest absolute Gasteiger partial charge is 0.492 e. The predicted octanol–water partition coefficient (Wildman–Crippen LogP) is 2.18. The molecule has 1 saturated heterocycles. The first-order valence-corrected chi connectivity index (χ1v) is 11.2. The van der Waals surface area contributed by atoms with Crippen LogP contribution in [0.5, 0.6) is 5.75 Å². The number of ether oxygens (including phenoxy) is 2. The highest BCUT2D eigenvalue weighted by Crippen LogP contribution is 2.17. The van der Waals surface area contributed by atoms with Gasteiger partial charge in [0.25, 0.3) is 0 Å². The Balaban J connectivity index is 1.78. The van der Waals surface area contributed by atoms with E-state index in [9.17, 15) is 0 Å². The Labute approximate surface area is 182 Å². The predicted molar refractivity (Wildman–Crippen MR) is 124 cm³/mol. The van der Waals surface area contributed by atoms with Gasteiger partial charge in [0.2, 0.25) is 0 Å². The number of nitrogens with zero attached hydrogens (tertiary/aromatic N) is 3. The number of morpholine rings is 1. The van der Waals surface area contributed by atoms with E-state index in [1.807, 2.05) is 25.2 Å². The first-order chi connectivity index (χ1) is 14.5. The van der Waals surface area contributed by atoms with Gasteiger partial charge in [-0.3, -0.25) is 14.8 Å². The normalized spacial score (nSPS) is 15.8. The van der Waals surface area contributed by atoms with Gasteiger partial charge in [0.15, 0.2) is 5.96 Å². The van der Waals surface area contributed by atoms with E-state index in [0.717, 1.165) is 63.2 Å². The summed E-state index contributed by atoms with van der Waals surface area (Å²) in [5, 5.41) is 6.83. The molecule has 1 heterocycles. The van der Waals surface area contributed by atoms with Gasteiger partial charge in [0, 0.05) is 64.0 Å². The average Bonchev–Trinajstić information content (AvgIpc) is 2.74. The van der Waals surface area contributed by atoms with Gasteiger partial charge < -0.3 is 20.1 Å². The summed E-state index contributed by atoms with van der Waals surface area (Å²) in [6.07, 6.45) is 0. The van der Waals surface area contributed by atoms with E-state index in [4.69, 9.17) is 9.47 Å². The van der Waals surface area contributed by atoms with Crippen molar-refractivity contribution in [3.63, 3.8) is 0 Å². The molecule has 0 saturated carbocycles. The molecule has 2 N–H and O–H groups in total. The summed E-state index contributed by atoms with van der Waals surface area (Å²) in [5.41, 5.74) is 1.13. The maximum Gasteiger partial charge on any atom is 0.191 e. The molecule has 7 nitrogen and oxygen atoms in total. The number of benzene rings is 1. The van der Waals surface area contributed by atoms with E-state index in [-0.39, 0.29) is 0 Å². The molecule has 0 aromatic heterocycles. The lowest BCUT2D eigenvalue weighted by Gasteiger charge is -2.30. The third kappa shape index (κ3) is 8.50. The van der Waals surface area contributed by atoms with Crippen molar-refractivity contribution < 1.29 is 9.47 Å². The van der Waals surface area contributed by atoms with Crippen molar-refractivity contribution in [2.75, 3.05) is 59.6 Å². The molecule has 2 rings (SSSR count). The van der Waals surface area contributed by atoms with Crippen LogP contribution in [-0.2, 0) is 11.3 Å². The Kier molecular flexibility index (Phi) is 11.0. The smallest absolute Gasteiger partial charge is 0.191 e. The van der Waals surface area contributed by atoms with Gasteiger partial charge in [-0.1, -0.05) is 18.2 Å².